The van der Waals surface area contributed by atoms with Crippen molar-refractivity contribution in [3.63, 3.8) is 0 Å². The summed E-state index contributed by atoms with van der Waals surface area (Å²) in [5.41, 5.74) is 3.69. The third kappa shape index (κ3) is 4.53. The first kappa shape index (κ1) is 22.8. The number of halogens is 1. The smallest absolute Gasteiger partial charge is 0.290 e. The highest BCUT2D eigenvalue weighted by atomic mass is 35.5. The molecule has 1 aromatic heterocycles. The van der Waals surface area contributed by atoms with E-state index in [0.29, 0.717) is 16.9 Å². The molecule has 2 aromatic carbocycles. The van der Waals surface area contributed by atoms with Crippen LogP contribution in [0.5, 0.6) is 0 Å². The summed E-state index contributed by atoms with van der Waals surface area (Å²) in [6, 6.07) is 12.6. The van der Waals surface area contributed by atoms with Gasteiger partial charge in [0.05, 0.1) is 21.1 Å². The van der Waals surface area contributed by atoms with Crippen LogP contribution < -0.4 is 10.2 Å². The molecule has 0 spiro atoms. The number of thioether (sulfide) groups is 1. The van der Waals surface area contributed by atoms with E-state index in [1.807, 2.05) is 24.3 Å². The monoisotopic (exact) mass is 493 g/mol. The SMILES string of the molecule is CC(C)N1CCN(c2ccc(-c3cccc4cnc(C=C5SC(=O)NC5=O)nc34)cc2Cl)CC1. The van der Waals surface area contributed by atoms with E-state index in [9.17, 15) is 9.59 Å². The molecular formula is C25H24ClN5O2S. The highest BCUT2D eigenvalue weighted by Gasteiger charge is 2.25. The molecule has 0 saturated carbocycles. The molecule has 174 valence electrons. The quantitative estimate of drug-likeness (QED) is 0.523. The summed E-state index contributed by atoms with van der Waals surface area (Å²) in [4.78, 5) is 37.5. The summed E-state index contributed by atoms with van der Waals surface area (Å²) in [5.74, 6) is -0.0541. The molecule has 2 aliphatic rings. The zero-order valence-electron chi connectivity index (χ0n) is 18.9. The van der Waals surface area contributed by atoms with Gasteiger partial charge in [-0.05, 0) is 43.3 Å². The number of para-hydroxylation sites is 1. The number of fused-ring (bicyclic) bond motifs is 1. The lowest BCUT2D eigenvalue weighted by atomic mass is 10.0. The number of imide groups is 1. The number of amides is 2. The molecule has 5 rings (SSSR count). The lowest BCUT2D eigenvalue weighted by Crippen LogP contribution is -2.49. The molecule has 34 heavy (non-hydrogen) atoms. The minimum atomic E-state index is -0.427. The number of piperazine rings is 1. The largest absolute Gasteiger partial charge is 0.368 e. The number of hydrogen-bond donors (Lipinski definition) is 1. The van der Waals surface area contributed by atoms with Gasteiger partial charge in [-0.2, -0.15) is 0 Å². The summed E-state index contributed by atoms with van der Waals surface area (Å²) in [6.07, 6.45) is 3.26. The van der Waals surface area contributed by atoms with Crippen molar-refractivity contribution in [2.45, 2.75) is 19.9 Å². The number of anilines is 1. The maximum Gasteiger partial charge on any atom is 0.290 e. The number of nitrogens with one attached hydrogen (secondary N) is 1. The molecule has 0 atom stereocenters. The fourth-order valence-corrected chi connectivity index (χ4v) is 5.27. The van der Waals surface area contributed by atoms with Crippen LogP contribution in [0.15, 0.2) is 47.5 Å². The average Bonchev–Trinajstić information content (AvgIpc) is 3.15. The summed E-state index contributed by atoms with van der Waals surface area (Å²) >= 11 is 7.61. The Labute approximate surface area is 207 Å². The lowest BCUT2D eigenvalue weighted by Gasteiger charge is -2.38. The van der Waals surface area contributed by atoms with E-state index in [1.54, 1.807) is 6.20 Å². The Morgan fingerprint density at radius 2 is 1.91 bits per heavy atom. The van der Waals surface area contributed by atoms with E-state index in [0.717, 1.165) is 65.7 Å². The van der Waals surface area contributed by atoms with E-state index in [-0.39, 0.29) is 4.91 Å². The molecule has 0 radical (unpaired) electrons. The fourth-order valence-electron chi connectivity index (χ4n) is 4.32. The van der Waals surface area contributed by atoms with Crippen molar-refractivity contribution in [1.29, 1.82) is 0 Å². The fraction of sp³-hybridized carbons (Fsp3) is 0.280. The lowest BCUT2D eigenvalue weighted by molar-refractivity contribution is -0.115. The van der Waals surface area contributed by atoms with Crippen LogP contribution in [0, 0.1) is 0 Å². The van der Waals surface area contributed by atoms with E-state index in [1.165, 1.54) is 6.08 Å². The molecule has 3 heterocycles. The van der Waals surface area contributed by atoms with Crippen molar-refractivity contribution in [1.82, 2.24) is 20.2 Å². The van der Waals surface area contributed by atoms with Crippen molar-refractivity contribution in [3.05, 3.63) is 58.3 Å². The molecule has 0 aliphatic carbocycles. The van der Waals surface area contributed by atoms with Gasteiger partial charge in [0, 0.05) is 55.4 Å². The van der Waals surface area contributed by atoms with Gasteiger partial charge in [0.25, 0.3) is 11.1 Å². The number of benzene rings is 2. The van der Waals surface area contributed by atoms with Crippen LogP contribution in [0.4, 0.5) is 10.5 Å². The van der Waals surface area contributed by atoms with Gasteiger partial charge in [0.2, 0.25) is 0 Å². The summed E-state index contributed by atoms with van der Waals surface area (Å²) in [5, 5.41) is 3.45. The van der Waals surface area contributed by atoms with Crippen LogP contribution in [0.2, 0.25) is 5.02 Å². The van der Waals surface area contributed by atoms with Crippen LogP contribution in [0.3, 0.4) is 0 Å². The Balaban J connectivity index is 1.46. The average molecular weight is 494 g/mol. The number of carbonyl (C=O) groups is 2. The summed E-state index contributed by atoms with van der Waals surface area (Å²) < 4.78 is 0. The highest BCUT2D eigenvalue weighted by molar-refractivity contribution is 8.18. The Morgan fingerprint density at radius 3 is 2.59 bits per heavy atom. The third-order valence-corrected chi connectivity index (χ3v) is 7.29. The molecule has 2 saturated heterocycles. The van der Waals surface area contributed by atoms with Gasteiger partial charge < -0.3 is 4.90 Å². The van der Waals surface area contributed by atoms with Gasteiger partial charge in [-0.1, -0.05) is 35.9 Å². The number of nitrogens with zero attached hydrogens (tertiary/aromatic N) is 4. The number of carbonyl (C=O) groups excluding carboxylic acids is 2. The van der Waals surface area contributed by atoms with Gasteiger partial charge in [0.15, 0.2) is 5.82 Å². The molecule has 2 aliphatic heterocycles. The zero-order valence-corrected chi connectivity index (χ0v) is 20.5. The second-order valence-electron chi connectivity index (χ2n) is 8.61. The molecule has 9 heteroatoms. The van der Waals surface area contributed by atoms with Crippen LogP contribution in [0.1, 0.15) is 19.7 Å². The first-order chi connectivity index (χ1) is 16.4. The van der Waals surface area contributed by atoms with Crippen LogP contribution in [-0.2, 0) is 4.79 Å². The van der Waals surface area contributed by atoms with E-state index >= 15 is 0 Å². The van der Waals surface area contributed by atoms with Gasteiger partial charge in [0.1, 0.15) is 0 Å². The topological polar surface area (TPSA) is 78.4 Å². The Morgan fingerprint density at radius 1 is 1.12 bits per heavy atom. The maximum atomic E-state index is 11.9. The molecule has 0 bridgehead atoms. The van der Waals surface area contributed by atoms with Crippen molar-refractivity contribution in [2.75, 3.05) is 31.1 Å². The second kappa shape index (κ2) is 9.37. The van der Waals surface area contributed by atoms with Crippen molar-refractivity contribution >= 4 is 57.2 Å². The standard InChI is InChI=1S/C25H24ClN5O2S/c1-15(2)30-8-10-31(11-9-30)20-7-6-16(12-19(20)26)18-5-3-4-17-14-27-22(28-23(17)18)13-21-24(32)29-25(33)34-21/h3-7,12-15H,8-11H2,1-2H3,(H,29,32,33). The predicted molar refractivity (Wildman–Crippen MR) is 138 cm³/mol. The minimum absolute atomic E-state index is 0.284. The maximum absolute atomic E-state index is 11.9. The molecule has 2 fully saturated rings. The van der Waals surface area contributed by atoms with Crippen LogP contribution in [0.25, 0.3) is 28.1 Å². The first-order valence-corrected chi connectivity index (χ1v) is 12.4. The Kier molecular flexibility index (Phi) is 6.29. The van der Waals surface area contributed by atoms with Crippen LogP contribution in [-0.4, -0.2) is 58.2 Å². The predicted octanol–water partition coefficient (Wildman–Crippen LogP) is 4.80. The van der Waals surface area contributed by atoms with Crippen LogP contribution >= 0.6 is 23.4 Å². The minimum Gasteiger partial charge on any atom is -0.368 e. The van der Waals surface area contributed by atoms with Crippen molar-refractivity contribution in [3.8, 4) is 11.1 Å². The Hall–Kier alpha value is -2.94. The summed E-state index contributed by atoms with van der Waals surface area (Å²) in [7, 11) is 0. The molecular weight excluding hydrogens is 470 g/mol. The first-order valence-electron chi connectivity index (χ1n) is 11.2. The number of aromatic nitrogens is 2. The third-order valence-electron chi connectivity index (χ3n) is 6.18. The molecule has 3 aromatic rings. The summed E-state index contributed by atoms with van der Waals surface area (Å²) in [6.45, 7) is 8.41. The van der Waals surface area contributed by atoms with E-state index < -0.39 is 11.1 Å². The van der Waals surface area contributed by atoms with Gasteiger partial charge in [-0.3, -0.25) is 19.8 Å². The second-order valence-corrected chi connectivity index (χ2v) is 10.0. The highest BCUT2D eigenvalue weighted by Crippen LogP contribution is 2.34. The van der Waals surface area contributed by atoms with E-state index in [4.69, 9.17) is 16.6 Å². The normalized spacial score (nSPS) is 18.4. The molecule has 1 N–H and O–H groups in total. The molecule has 0 unspecified atom stereocenters. The number of hydrogen-bond acceptors (Lipinski definition) is 7. The molecule has 2 amide bonds. The molecule has 7 nitrogen and oxygen atoms in total. The van der Waals surface area contributed by atoms with Gasteiger partial charge >= 0.3 is 0 Å². The zero-order chi connectivity index (χ0) is 23.8. The van der Waals surface area contributed by atoms with Crippen molar-refractivity contribution < 1.29 is 9.59 Å². The number of rotatable bonds is 4. The van der Waals surface area contributed by atoms with E-state index in [2.05, 4.69) is 46.1 Å². The van der Waals surface area contributed by atoms with Gasteiger partial charge in [-0.15, -0.1) is 0 Å². The van der Waals surface area contributed by atoms with Gasteiger partial charge in [-0.25, -0.2) is 9.97 Å². The van der Waals surface area contributed by atoms with Crippen molar-refractivity contribution in [2.24, 2.45) is 0 Å². The Bertz CT molecular complexity index is 1320.